The van der Waals surface area contributed by atoms with Crippen LogP contribution in [0.1, 0.15) is 32.3 Å². The van der Waals surface area contributed by atoms with Crippen LogP contribution >= 0.6 is 27.5 Å². The molecule has 0 saturated heterocycles. The van der Waals surface area contributed by atoms with Gasteiger partial charge in [-0.25, -0.2) is 0 Å². The largest absolute Gasteiger partial charge is 0.329 e. The molecule has 0 aromatic heterocycles. The minimum atomic E-state index is -0.517. The first-order valence-corrected chi connectivity index (χ1v) is 7.54. The number of anilines is 1. The maximum absolute atomic E-state index is 12.4. The van der Waals surface area contributed by atoms with Gasteiger partial charge in [0.1, 0.15) is 0 Å². The molecule has 0 saturated carbocycles. The molecule has 0 radical (unpaired) electrons. The maximum atomic E-state index is 12.4. The highest BCUT2D eigenvalue weighted by Crippen LogP contribution is 2.32. The molecule has 0 fully saturated rings. The predicted octanol–water partition coefficient (Wildman–Crippen LogP) is 4.11. The van der Waals surface area contributed by atoms with Gasteiger partial charge in [-0.3, -0.25) is 4.79 Å². The van der Waals surface area contributed by atoms with Crippen LogP contribution in [0, 0.1) is 12.3 Å². The number of hydrogen-bond donors (Lipinski definition) is 2. The summed E-state index contributed by atoms with van der Waals surface area (Å²) in [5.41, 5.74) is 6.90. The van der Waals surface area contributed by atoms with Crippen molar-refractivity contribution in [1.29, 1.82) is 0 Å². The molecule has 1 rings (SSSR count). The van der Waals surface area contributed by atoms with Gasteiger partial charge in [0.2, 0.25) is 5.91 Å². The summed E-state index contributed by atoms with van der Waals surface area (Å²) in [5, 5.41) is 3.55. The molecule has 5 heteroatoms. The van der Waals surface area contributed by atoms with Crippen LogP contribution < -0.4 is 11.1 Å². The molecule has 1 aromatic rings. The molecular formula is C14H20BrClN2O. The smallest absolute Gasteiger partial charge is 0.231 e. The van der Waals surface area contributed by atoms with Gasteiger partial charge in [-0.15, -0.1) is 0 Å². The van der Waals surface area contributed by atoms with E-state index in [4.69, 9.17) is 17.3 Å². The maximum Gasteiger partial charge on any atom is 0.231 e. The number of amides is 1. The number of halogens is 2. The topological polar surface area (TPSA) is 55.1 Å². The molecule has 3 nitrogen and oxygen atoms in total. The Morgan fingerprint density at radius 2 is 2.00 bits per heavy atom. The van der Waals surface area contributed by atoms with Crippen molar-refractivity contribution < 1.29 is 4.79 Å². The van der Waals surface area contributed by atoms with Gasteiger partial charge in [0.05, 0.1) is 11.1 Å². The Morgan fingerprint density at radius 1 is 1.42 bits per heavy atom. The minimum absolute atomic E-state index is 0.0550. The highest BCUT2D eigenvalue weighted by Gasteiger charge is 2.33. The highest BCUT2D eigenvalue weighted by molar-refractivity contribution is 9.10. The first-order chi connectivity index (χ1) is 8.90. The fraction of sp³-hybridized carbons (Fsp3) is 0.500. The molecule has 106 valence electrons. The van der Waals surface area contributed by atoms with Crippen molar-refractivity contribution in [2.45, 2.75) is 33.6 Å². The lowest BCUT2D eigenvalue weighted by atomic mass is 9.81. The molecule has 0 aliphatic rings. The van der Waals surface area contributed by atoms with Crippen molar-refractivity contribution in [3.63, 3.8) is 0 Å². The molecule has 0 bridgehead atoms. The number of carbonyl (C=O) groups is 1. The average Bonchev–Trinajstić information content (AvgIpc) is 2.38. The van der Waals surface area contributed by atoms with Gasteiger partial charge in [0.25, 0.3) is 0 Å². The standard InChI is InChI=1S/C14H20BrClN2O/c1-4-14(5-2,8-17)13(19)18-12-7-11(16)9(3)6-10(12)15/h6-7H,4-5,8,17H2,1-3H3,(H,18,19). The summed E-state index contributed by atoms with van der Waals surface area (Å²) in [6.45, 7) is 6.21. The van der Waals surface area contributed by atoms with Crippen LogP contribution in [0.25, 0.3) is 0 Å². The van der Waals surface area contributed by atoms with Crippen LogP contribution in [-0.2, 0) is 4.79 Å². The molecule has 1 amide bonds. The van der Waals surface area contributed by atoms with Crippen LogP contribution in [0.2, 0.25) is 5.02 Å². The normalized spacial score (nSPS) is 11.5. The molecule has 19 heavy (non-hydrogen) atoms. The van der Waals surface area contributed by atoms with Crippen molar-refractivity contribution in [2.24, 2.45) is 11.1 Å². The van der Waals surface area contributed by atoms with E-state index in [1.807, 2.05) is 26.8 Å². The van der Waals surface area contributed by atoms with Gasteiger partial charge in [0.15, 0.2) is 0 Å². The van der Waals surface area contributed by atoms with Crippen molar-refractivity contribution in [1.82, 2.24) is 0 Å². The Morgan fingerprint density at radius 3 is 2.47 bits per heavy atom. The van der Waals surface area contributed by atoms with E-state index in [0.717, 1.165) is 10.0 Å². The van der Waals surface area contributed by atoms with Crippen molar-refractivity contribution in [3.05, 3.63) is 27.2 Å². The zero-order chi connectivity index (χ0) is 14.6. The van der Waals surface area contributed by atoms with E-state index < -0.39 is 5.41 Å². The summed E-state index contributed by atoms with van der Waals surface area (Å²) in [4.78, 5) is 12.4. The summed E-state index contributed by atoms with van der Waals surface area (Å²) in [6.07, 6.45) is 1.42. The minimum Gasteiger partial charge on any atom is -0.329 e. The van der Waals surface area contributed by atoms with Gasteiger partial charge >= 0.3 is 0 Å². The first-order valence-electron chi connectivity index (χ1n) is 6.37. The van der Waals surface area contributed by atoms with Gasteiger partial charge in [-0.1, -0.05) is 25.4 Å². The Labute approximate surface area is 128 Å². The second-order valence-corrected chi connectivity index (χ2v) is 5.99. The molecule has 0 heterocycles. The van der Waals surface area contributed by atoms with Crippen LogP contribution in [0.5, 0.6) is 0 Å². The lowest BCUT2D eigenvalue weighted by Gasteiger charge is -2.28. The second kappa shape index (κ2) is 6.73. The highest BCUT2D eigenvalue weighted by atomic mass is 79.9. The Balaban J connectivity index is 3.02. The summed E-state index contributed by atoms with van der Waals surface area (Å²) >= 11 is 9.53. The first kappa shape index (κ1) is 16.5. The van der Waals surface area contributed by atoms with Crippen molar-refractivity contribution >= 4 is 39.1 Å². The van der Waals surface area contributed by atoms with E-state index >= 15 is 0 Å². The van der Waals surface area contributed by atoms with Crippen LogP contribution in [0.3, 0.4) is 0 Å². The Kier molecular flexibility index (Phi) is 5.83. The molecular weight excluding hydrogens is 328 g/mol. The zero-order valence-electron chi connectivity index (χ0n) is 11.5. The molecule has 0 atom stereocenters. The van der Waals surface area contributed by atoms with Gasteiger partial charge < -0.3 is 11.1 Å². The number of aryl methyl sites for hydroxylation is 1. The lowest BCUT2D eigenvalue weighted by molar-refractivity contribution is -0.125. The Bertz CT molecular complexity index is 464. The number of nitrogens with one attached hydrogen (secondary N) is 1. The van der Waals surface area contributed by atoms with Crippen molar-refractivity contribution in [2.75, 3.05) is 11.9 Å². The fourth-order valence-electron chi connectivity index (χ4n) is 1.95. The third-order valence-corrected chi connectivity index (χ3v) is 4.79. The van der Waals surface area contributed by atoms with Crippen LogP contribution in [0.4, 0.5) is 5.69 Å². The van der Waals surface area contributed by atoms with Gasteiger partial charge in [-0.05, 0) is 53.4 Å². The van der Waals surface area contributed by atoms with Crippen LogP contribution in [-0.4, -0.2) is 12.5 Å². The van der Waals surface area contributed by atoms with E-state index in [1.54, 1.807) is 6.07 Å². The average molecular weight is 348 g/mol. The summed E-state index contributed by atoms with van der Waals surface area (Å²) in [5.74, 6) is -0.0550. The summed E-state index contributed by atoms with van der Waals surface area (Å²) in [7, 11) is 0. The van der Waals surface area contributed by atoms with E-state index in [0.29, 0.717) is 30.1 Å². The Hall–Kier alpha value is -0.580. The lowest BCUT2D eigenvalue weighted by Crippen LogP contribution is -2.41. The third kappa shape index (κ3) is 3.50. The molecule has 3 N–H and O–H groups in total. The second-order valence-electron chi connectivity index (χ2n) is 4.73. The van der Waals surface area contributed by atoms with Gasteiger partial charge in [0, 0.05) is 16.0 Å². The van der Waals surface area contributed by atoms with Gasteiger partial charge in [-0.2, -0.15) is 0 Å². The zero-order valence-corrected chi connectivity index (χ0v) is 13.9. The monoisotopic (exact) mass is 346 g/mol. The number of benzene rings is 1. The molecule has 0 aliphatic heterocycles. The molecule has 0 spiro atoms. The number of nitrogens with two attached hydrogens (primary N) is 1. The van der Waals surface area contributed by atoms with Crippen LogP contribution in [0.15, 0.2) is 16.6 Å². The van der Waals surface area contributed by atoms with Crippen molar-refractivity contribution in [3.8, 4) is 0 Å². The van der Waals surface area contributed by atoms with E-state index in [2.05, 4.69) is 21.2 Å². The summed E-state index contributed by atoms with van der Waals surface area (Å²) in [6, 6.07) is 3.64. The number of rotatable bonds is 5. The molecule has 0 unspecified atom stereocenters. The fourth-order valence-corrected chi connectivity index (χ4v) is 2.67. The number of carbonyl (C=O) groups excluding carboxylic acids is 1. The number of hydrogen-bond acceptors (Lipinski definition) is 2. The summed E-state index contributed by atoms with van der Waals surface area (Å²) < 4.78 is 0.820. The SMILES string of the molecule is CCC(CC)(CN)C(=O)Nc1cc(Cl)c(C)cc1Br. The third-order valence-electron chi connectivity index (χ3n) is 3.72. The van der Waals surface area contributed by atoms with E-state index in [9.17, 15) is 4.79 Å². The quantitative estimate of drug-likeness (QED) is 0.842. The van der Waals surface area contributed by atoms with E-state index in [-0.39, 0.29) is 5.91 Å². The molecule has 0 aliphatic carbocycles. The van der Waals surface area contributed by atoms with E-state index in [1.165, 1.54) is 0 Å². The predicted molar refractivity (Wildman–Crippen MR) is 84.6 cm³/mol. The molecule has 1 aromatic carbocycles.